The Hall–Kier alpha value is -3.06. The van der Waals surface area contributed by atoms with E-state index in [1.165, 1.54) is 22.5 Å². The highest BCUT2D eigenvalue weighted by atomic mass is 16.6. The van der Waals surface area contributed by atoms with Crippen LogP contribution in [0.2, 0.25) is 0 Å². The van der Waals surface area contributed by atoms with Crippen LogP contribution in [0.25, 0.3) is 10.9 Å². The second kappa shape index (κ2) is 8.35. The molecule has 0 aliphatic heterocycles. The van der Waals surface area contributed by atoms with Crippen molar-refractivity contribution in [2.45, 2.75) is 12.8 Å². The maximum Gasteiger partial charge on any atom is 0.295 e. The Morgan fingerprint density at radius 2 is 2.00 bits per heavy atom. The first-order valence-electron chi connectivity index (χ1n) is 8.58. The molecule has 0 aliphatic rings. The summed E-state index contributed by atoms with van der Waals surface area (Å²) in [4.78, 5) is 13.6. The van der Waals surface area contributed by atoms with Crippen LogP contribution in [0, 0.1) is 10.1 Å². The number of nitrogens with one attached hydrogen (secondary N) is 2. The Labute approximate surface area is 151 Å². The number of nitro benzene ring substituents is 1. The summed E-state index contributed by atoms with van der Waals surface area (Å²) in [6.45, 7) is 1.92. The summed E-state index contributed by atoms with van der Waals surface area (Å²) in [5, 5.41) is 15.4. The first kappa shape index (κ1) is 17.8. The summed E-state index contributed by atoms with van der Waals surface area (Å²) in [6.07, 6.45) is 4.08. The molecule has 0 bridgehead atoms. The largest absolute Gasteiger partial charge is 0.490 e. The molecule has 3 aromatic rings. The number of nitro groups is 1. The molecule has 0 radical (unpaired) electrons. The number of aromatic nitrogens is 1. The topological polar surface area (TPSA) is 106 Å². The van der Waals surface area contributed by atoms with Crippen molar-refractivity contribution in [2.75, 3.05) is 25.4 Å². The molecule has 26 heavy (non-hydrogen) atoms. The van der Waals surface area contributed by atoms with Gasteiger partial charge in [-0.1, -0.05) is 24.3 Å². The molecular weight excluding hydrogens is 332 g/mol. The molecule has 4 N–H and O–H groups in total. The quantitative estimate of drug-likeness (QED) is 0.237. The lowest BCUT2D eigenvalue weighted by Gasteiger charge is -2.09. The third-order valence-corrected chi connectivity index (χ3v) is 4.25. The molecule has 1 aromatic heterocycles. The number of nitrogens with zero attached hydrogens (tertiary/aromatic N) is 1. The molecule has 136 valence electrons. The average molecular weight is 354 g/mol. The number of ether oxygens (including phenoxy) is 1. The van der Waals surface area contributed by atoms with E-state index in [0.717, 1.165) is 19.4 Å². The highest BCUT2D eigenvalue weighted by molar-refractivity contribution is 5.83. The fourth-order valence-electron chi connectivity index (χ4n) is 2.92. The summed E-state index contributed by atoms with van der Waals surface area (Å²) in [6, 6.07) is 12.9. The van der Waals surface area contributed by atoms with Crippen LogP contribution in [0.5, 0.6) is 5.75 Å². The van der Waals surface area contributed by atoms with Gasteiger partial charge in [-0.25, -0.2) is 0 Å². The van der Waals surface area contributed by atoms with E-state index >= 15 is 0 Å². The van der Waals surface area contributed by atoms with Crippen LogP contribution in [0.4, 0.5) is 11.4 Å². The van der Waals surface area contributed by atoms with Gasteiger partial charge in [0.2, 0.25) is 0 Å². The third kappa shape index (κ3) is 4.12. The van der Waals surface area contributed by atoms with Crippen molar-refractivity contribution in [1.29, 1.82) is 0 Å². The molecule has 1 heterocycles. The second-order valence-electron chi connectivity index (χ2n) is 6.01. The van der Waals surface area contributed by atoms with E-state index in [2.05, 4.69) is 34.7 Å². The van der Waals surface area contributed by atoms with Crippen molar-refractivity contribution in [3.8, 4) is 5.75 Å². The number of para-hydroxylation sites is 2. The summed E-state index contributed by atoms with van der Waals surface area (Å²) in [7, 11) is 0. The molecule has 0 saturated carbocycles. The number of benzene rings is 2. The zero-order valence-corrected chi connectivity index (χ0v) is 14.4. The normalized spacial score (nSPS) is 10.9. The third-order valence-electron chi connectivity index (χ3n) is 4.25. The first-order valence-corrected chi connectivity index (χ1v) is 8.58. The Balaban J connectivity index is 1.37. The molecule has 7 heteroatoms. The number of anilines is 1. The number of nitrogen functional groups attached to an aromatic ring is 1. The minimum absolute atomic E-state index is 0.0665. The number of aryl methyl sites for hydroxylation is 1. The molecule has 0 spiro atoms. The predicted octanol–water partition coefficient (Wildman–Crippen LogP) is 3.26. The van der Waals surface area contributed by atoms with Crippen LogP contribution in [0.15, 0.2) is 48.7 Å². The second-order valence-corrected chi connectivity index (χ2v) is 6.01. The number of fused-ring (bicyclic) bond motifs is 1. The standard InChI is InChI=1S/C19H22N4O3/c20-19-17(23(24)25)8-3-9-18(19)26-12-11-21-10-4-5-14-13-22-16-7-2-1-6-15(14)16/h1-3,6-9,13,21-22H,4-5,10-12,20H2. The van der Waals surface area contributed by atoms with Crippen molar-refractivity contribution in [3.05, 3.63) is 64.3 Å². The molecule has 0 unspecified atom stereocenters. The van der Waals surface area contributed by atoms with E-state index < -0.39 is 4.92 Å². The van der Waals surface area contributed by atoms with E-state index in [1.54, 1.807) is 12.1 Å². The van der Waals surface area contributed by atoms with Gasteiger partial charge in [0, 0.05) is 29.7 Å². The molecule has 0 atom stereocenters. The maximum atomic E-state index is 10.9. The van der Waals surface area contributed by atoms with Crippen molar-refractivity contribution >= 4 is 22.3 Å². The van der Waals surface area contributed by atoms with Crippen LogP contribution in [0.3, 0.4) is 0 Å². The molecule has 0 aliphatic carbocycles. The Kier molecular flexibility index (Phi) is 5.70. The Morgan fingerprint density at radius 3 is 2.85 bits per heavy atom. The number of nitrogens with two attached hydrogens (primary N) is 1. The monoisotopic (exact) mass is 354 g/mol. The number of hydrogen-bond acceptors (Lipinski definition) is 5. The maximum absolute atomic E-state index is 10.9. The summed E-state index contributed by atoms with van der Waals surface area (Å²) >= 11 is 0. The molecule has 0 amide bonds. The Morgan fingerprint density at radius 1 is 1.15 bits per heavy atom. The lowest BCUT2D eigenvalue weighted by Crippen LogP contribution is -2.22. The molecule has 3 rings (SSSR count). The van der Waals surface area contributed by atoms with Crippen molar-refractivity contribution < 1.29 is 9.66 Å². The number of rotatable bonds is 9. The minimum Gasteiger partial charge on any atom is -0.490 e. The van der Waals surface area contributed by atoms with Crippen LogP contribution >= 0.6 is 0 Å². The summed E-state index contributed by atoms with van der Waals surface area (Å²) < 4.78 is 5.54. The van der Waals surface area contributed by atoms with E-state index in [1.807, 2.05) is 6.07 Å². The van der Waals surface area contributed by atoms with Gasteiger partial charge in [-0.15, -0.1) is 0 Å². The Bertz CT molecular complexity index is 891. The van der Waals surface area contributed by atoms with Gasteiger partial charge >= 0.3 is 0 Å². The van der Waals surface area contributed by atoms with Crippen LogP contribution in [-0.2, 0) is 6.42 Å². The van der Waals surface area contributed by atoms with Gasteiger partial charge in [0.1, 0.15) is 12.4 Å². The van der Waals surface area contributed by atoms with Gasteiger partial charge in [0.25, 0.3) is 5.69 Å². The fraction of sp³-hybridized carbons (Fsp3) is 0.263. The van der Waals surface area contributed by atoms with Gasteiger partial charge in [-0.05, 0) is 37.1 Å². The van der Waals surface area contributed by atoms with Crippen LogP contribution in [0.1, 0.15) is 12.0 Å². The van der Waals surface area contributed by atoms with Crippen LogP contribution < -0.4 is 15.8 Å². The zero-order chi connectivity index (χ0) is 18.4. The lowest BCUT2D eigenvalue weighted by molar-refractivity contribution is -0.384. The molecular formula is C19H22N4O3. The molecule has 2 aromatic carbocycles. The number of H-pyrrole nitrogens is 1. The number of aromatic amines is 1. The van der Waals surface area contributed by atoms with Crippen molar-refractivity contribution in [2.24, 2.45) is 0 Å². The lowest BCUT2D eigenvalue weighted by atomic mass is 10.1. The van der Waals surface area contributed by atoms with E-state index in [9.17, 15) is 10.1 Å². The summed E-state index contributed by atoms with van der Waals surface area (Å²) in [5.41, 5.74) is 8.18. The average Bonchev–Trinajstić information content (AvgIpc) is 3.05. The molecule has 0 saturated heterocycles. The van der Waals surface area contributed by atoms with Gasteiger partial charge in [-0.2, -0.15) is 0 Å². The van der Waals surface area contributed by atoms with E-state index in [-0.39, 0.29) is 11.4 Å². The molecule has 7 nitrogen and oxygen atoms in total. The van der Waals surface area contributed by atoms with Gasteiger partial charge in [0.15, 0.2) is 5.69 Å². The minimum atomic E-state index is -0.509. The summed E-state index contributed by atoms with van der Waals surface area (Å²) in [5.74, 6) is 0.347. The predicted molar refractivity (Wildman–Crippen MR) is 102 cm³/mol. The smallest absolute Gasteiger partial charge is 0.295 e. The van der Waals surface area contributed by atoms with Gasteiger partial charge in [-0.3, -0.25) is 10.1 Å². The van der Waals surface area contributed by atoms with Crippen molar-refractivity contribution in [1.82, 2.24) is 10.3 Å². The fourth-order valence-corrected chi connectivity index (χ4v) is 2.92. The number of hydrogen-bond donors (Lipinski definition) is 3. The molecule has 0 fully saturated rings. The van der Waals surface area contributed by atoms with E-state index in [0.29, 0.717) is 18.9 Å². The zero-order valence-electron chi connectivity index (χ0n) is 14.4. The van der Waals surface area contributed by atoms with E-state index in [4.69, 9.17) is 10.5 Å². The van der Waals surface area contributed by atoms with Crippen molar-refractivity contribution in [3.63, 3.8) is 0 Å². The highest BCUT2D eigenvalue weighted by Crippen LogP contribution is 2.30. The highest BCUT2D eigenvalue weighted by Gasteiger charge is 2.14. The van der Waals surface area contributed by atoms with Gasteiger partial charge in [0.05, 0.1) is 4.92 Å². The first-order chi connectivity index (χ1) is 12.7. The van der Waals surface area contributed by atoms with Gasteiger partial charge < -0.3 is 20.8 Å². The SMILES string of the molecule is Nc1c(OCCNCCCc2c[nH]c3ccccc23)cccc1[N+](=O)[O-]. The van der Waals surface area contributed by atoms with Crippen LogP contribution in [-0.4, -0.2) is 29.6 Å².